The summed E-state index contributed by atoms with van der Waals surface area (Å²) >= 11 is 0. The third-order valence-electron chi connectivity index (χ3n) is 5.45. The average molecular weight is 343 g/mol. The van der Waals surface area contributed by atoms with Gasteiger partial charge in [0.2, 0.25) is 5.91 Å². The van der Waals surface area contributed by atoms with Gasteiger partial charge in [0.1, 0.15) is 5.75 Å². The van der Waals surface area contributed by atoms with E-state index in [1.54, 1.807) is 28.0 Å². The molecule has 3 aliphatic heterocycles. The van der Waals surface area contributed by atoms with Crippen LogP contribution in [0.1, 0.15) is 29.6 Å². The molecular formula is C18H21N3O4. The zero-order valence-electron chi connectivity index (χ0n) is 14.2. The summed E-state index contributed by atoms with van der Waals surface area (Å²) in [6, 6.07) is 5.04. The Kier molecular flexibility index (Phi) is 3.67. The van der Waals surface area contributed by atoms with E-state index in [-0.39, 0.29) is 24.3 Å². The van der Waals surface area contributed by atoms with Crippen molar-refractivity contribution in [2.45, 2.75) is 19.3 Å². The van der Waals surface area contributed by atoms with Crippen LogP contribution in [0.5, 0.6) is 5.75 Å². The maximum atomic E-state index is 12.9. The molecule has 7 nitrogen and oxygen atoms in total. The van der Waals surface area contributed by atoms with Gasteiger partial charge in [0.25, 0.3) is 11.8 Å². The van der Waals surface area contributed by atoms with Crippen molar-refractivity contribution >= 4 is 23.4 Å². The molecule has 0 radical (unpaired) electrons. The largest absolute Gasteiger partial charge is 0.482 e. The van der Waals surface area contributed by atoms with Crippen LogP contribution in [-0.2, 0) is 9.59 Å². The lowest BCUT2D eigenvalue weighted by molar-refractivity contribution is -0.143. The van der Waals surface area contributed by atoms with E-state index in [9.17, 15) is 14.4 Å². The van der Waals surface area contributed by atoms with E-state index in [0.717, 1.165) is 25.8 Å². The first-order valence-corrected chi connectivity index (χ1v) is 8.60. The van der Waals surface area contributed by atoms with Gasteiger partial charge in [-0.2, -0.15) is 0 Å². The number of amides is 3. The number of fused-ring (bicyclic) bond motifs is 1. The molecule has 7 heteroatoms. The summed E-state index contributed by atoms with van der Waals surface area (Å²) in [5.74, 6) is 0.368. The Bertz CT molecular complexity index is 763. The fraction of sp³-hybridized carbons (Fsp3) is 0.500. The lowest BCUT2D eigenvalue weighted by Crippen LogP contribution is -2.48. The Balaban J connectivity index is 1.52. The van der Waals surface area contributed by atoms with Crippen molar-refractivity contribution in [3.8, 4) is 5.75 Å². The molecular weight excluding hydrogens is 322 g/mol. The molecule has 0 bridgehead atoms. The quantitative estimate of drug-likeness (QED) is 0.828. The number of likely N-dealkylation sites (tertiary alicyclic amines) is 2. The van der Waals surface area contributed by atoms with Crippen molar-refractivity contribution in [3.63, 3.8) is 0 Å². The molecule has 3 aliphatic rings. The first-order chi connectivity index (χ1) is 12.0. The molecule has 2 fully saturated rings. The number of rotatable bonds is 1. The molecule has 25 heavy (non-hydrogen) atoms. The Hall–Kier alpha value is -2.57. The molecule has 2 saturated heterocycles. The first kappa shape index (κ1) is 15.9. The predicted molar refractivity (Wildman–Crippen MR) is 90.4 cm³/mol. The molecule has 1 aromatic carbocycles. The summed E-state index contributed by atoms with van der Waals surface area (Å²) in [6.07, 6.45) is 2.55. The van der Waals surface area contributed by atoms with Gasteiger partial charge in [0.05, 0.1) is 11.1 Å². The van der Waals surface area contributed by atoms with Gasteiger partial charge >= 0.3 is 0 Å². The van der Waals surface area contributed by atoms with Crippen LogP contribution in [0.25, 0.3) is 0 Å². The summed E-state index contributed by atoms with van der Waals surface area (Å²) in [4.78, 5) is 40.4. The van der Waals surface area contributed by atoms with Crippen molar-refractivity contribution in [2.75, 3.05) is 38.6 Å². The minimum atomic E-state index is -0.415. The summed E-state index contributed by atoms with van der Waals surface area (Å²) in [6.45, 7) is 1.82. The van der Waals surface area contributed by atoms with Crippen LogP contribution in [-0.4, -0.2) is 60.8 Å². The van der Waals surface area contributed by atoms with E-state index in [2.05, 4.69) is 5.32 Å². The molecule has 4 rings (SSSR count). The molecule has 1 aromatic rings. The number of hydrogen-bond acceptors (Lipinski definition) is 4. The maximum absolute atomic E-state index is 12.9. The highest BCUT2D eigenvalue weighted by molar-refractivity contribution is 5.99. The van der Waals surface area contributed by atoms with Gasteiger partial charge < -0.3 is 19.9 Å². The second-order valence-electron chi connectivity index (χ2n) is 7.14. The molecule has 1 atom stereocenters. The van der Waals surface area contributed by atoms with Crippen molar-refractivity contribution in [1.82, 2.24) is 9.80 Å². The van der Waals surface area contributed by atoms with E-state index >= 15 is 0 Å². The lowest BCUT2D eigenvalue weighted by atomic mass is 9.78. The van der Waals surface area contributed by atoms with E-state index in [1.165, 1.54) is 0 Å². The number of carbonyl (C=O) groups excluding carboxylic acids is 3. The third-order valence-corrected chi connectivity index (χ3v) is 5.45. The third kappa shape index (κ3) is 2.63. The summed E-state index contributed by atoms with van der Waals surface area (Å²) in [5.41, 5.74) is 0.680. The summed E-state index contributed by atoms with van der Waals surface area (Å²) in [7, 11) is 1.84. The zero-order valence-corrected chi connectivity index (χ0v) is 14.2. The van der Waals surface area contributed by atoms with Crippen molar-refractivity contribution in [2.24, 2.45) is 5.41 Å². The Morgan fingerprint density at radius 3 is 2.92 bits per heavy atom. The number of carbonyl (C=O) groups is 3. The van der Waals surface area contributed by atoms with Crippen LogP contribution in [0.2, 0.25) is 0 Å². The fourth-order valence-corrected chi connectivity index (χ4v) is 4.08. The molecule has 0 aromatic heterocycles. The Morgan fingerprint density at radius 2 is 2.08 bits per heavy atom. The van der Waals surface area contributed by atoms with Crippen LogP contribution in [0.3, 0.4) is 0 Å². The van der Waals surface area contributed by atoms with Gasteiger partial charge in [-0.3, -0.25) is 14.4 Å². The SMILES string of the molecule is CN1CCC[C@@]2(CCN(C(=O)c3ccc4c(c3)OCC(=O)N4)C2)C1=O. The standard InChI is InChI=1S/C18H21N3O4/c1-20-7-2-5-18(17(20)24)6-8-21(11-18)16(23)12-3-4-13-14(9-12)25-10-15(22)19-13/h3-4,9H,2,5-8,10-11H2,1H3,(H,19,22)/t18-/m0/s1. The Morgan fingerprint density at radius 1 is 1.24 bits per heavy atom. The van der Waals surface area contributed by atoms with Gasteiger partial charge in [-0.15, -0.1) is 0 Å². The van der Waals surface area contributed by atoms with Crippen molar-refractivity contribution in [3.05, 3.63) is 23.8 Å². The van der Waals surface area contributed by atoms with E-state index in [0.29, 0.717) is 30.1 Å². The first-order valence-electron chi connectivity index (χ1n) is 8.60. The smallest absolute Gasteiger partial charge is 0.262 e. The maximum Gasteiger partial charge on any atom is 0.262 e. The summed E-state index contributed by atoms with van der Waals surface area (Å²) < 4.78 is 5.39. The second kappa shape index (κ2) is 5.75. The highest BCUT2D eigenvalue weighted by Gasteiger charge is 2.48. The van der Waals surface area contributed by atoms with Crippen LogP contribution < -0.4 is 10.1 Å². The van der Waals surface area contributed by atoms with Crippen molar-refractivity contribution < 1.29 is 19.1 Å². The average Bonchev–Trinajstić information content (AvgIpc) is 3.03. The number of nitrogens with one attached hydrogen (secondary N) is 1. The highest BCUT2D eigenvalue weighted by Crippen LogP contribution is 2.40. The van der Waals surface area contributed by atoms with E-state index in [4.69, 9.17) is 4.74 Å². The number of hydrogen-bond donors (Lipinski definition) is 1. The molecule has 3 amide bonds. The van der Waals surface area contributed by atoms with Crippen LogP contribution in [0.4, 0.5) is 5.69 Å². The number of nitrogens with zero attached hydrogens (tertiary/aromatic N) is 2. The van der Waals surface area contributed by atoms with Gasteiger partial charge in [-0.25, -0.2) is 0 Å². The highest BCUT2D eigenvalue weighted by atomic mass is 16.5. The lowest BCUT2D eigenvalue weighted by Gasteiger charge is -2.37. The van der Waals surface area contributed by atoms with E-state index < -0.39 is 5.41 Å². The normalized spacial score (nSPS) is 25.6. The van der Waals surface area contributed by atoms with Crippen LogP contribution >= 0.6 is 0 Å². The van der Waals surface area contributed by atoms with Gasteiger partial charge in [-0.05, 0) is 37.5 Å². The number of anilines is 1. The number of ether oxygens (including phenoxy) is 1. The molecule has 3 heterocycles. The minimum Gasteiger partial charge on any atom is -0.482 e. The fourth-order valence-electron chi connectivity index (χ4n) is 4.08. The second-order valence-corrected chi connectivity index (χ2v) is 7.14. The number of benzene rings is 1. The van der Waals surface area contributed by atoms with Gasteiger partial charge in [0, 0.05) is 32.2 Å². The monoisotopic (exact) mass is 343 g/mol. The molecule has 1 spiro atoms. The van der Waals surface area contributed by atoms with Gasteiger partial charge in [-0.1, -0.05) is 0 Å². The molecule has 0 unspecified atom stereocenters. The van der Waals surface area contributed by atoms with Crippen LogP contribution in [0, 0.1) is 5.41 Å². The number of piperidine rings is 1. The molecule has 0 aliphatic carbocycles. The molecule has 1 N–H and O–H groups in total. The van der Waals surface area contributed by atoms with E-state index in [1.807, 2.05) is 7.05 Å². The topological polar surface area (TPSA) is 79.0 Å². The zero-order chi connectivity index (χ0) is 17.6. The van der Waals surface area contributed by atoms with Gasteiger partial charge in [0.15, 0.2) is 6.61 Å². The van der Waals surface area contributed by atoms with Crippen molar-refractivity contribution in [1.29, 1.82) is 0 Å². The summed E-state index contributed by atoms with van der Waals surface area (Å²) in [5, 5.41) is 2.71. The predicted octanol–water partition coefficient (Wildman–Crippen LogP) is 1.10. The molecule has 0 saturated carbocycles. The van der Waals surface area contributed by atoms with Crippen LogP contribution in [0.15, 0.2) is 18.2 Å². The Labute approximate surface area is 145 Å². The minimum absolute atomic E-state index is 0.0433. The molecule has 132 valence electrons.